The lowest BCUT2D eigenvalue weighted by Crippen LogP contribution is -2.22. The van der Waals surface area contributed by atoms with E-state index in [2.05, 4.69) is 53.4 Å². The molecule has 0 saturated carbocycles. The number of aryl methyl sites for hydroxylation is 1. The summed E-state index contributed by atoms with van der Waals surface area (Å²) in [4.78, 5) is 8.74. The Morgan fingerprint density at radius 3 is 2.67 bits per heavy atom. The molecule has 1 N–H and O–H groups in total. The number of fused-ring (bicyclic) bond motifs is 1. The van der Waals surface area contributed by atoms with Crippen molar-refractivity contribution in [1.29, 1.82) is 0 Å². The van der Waals surface area contributed by atoms with E-state index < -0.39 is 0 Å². The summed E-state index contributed by atoms with van der Waals surface area (Å²) in [5, 5.41) is 5.96. The largest absolute Gasteiger partial charge is 0.306 e. The van der Waals surface area contributed by atoms with E-state index in [4.69, 9.17) is 0 Å². The minimum atomic E-state index is 0.112. The van der Waals surface area contributed by atoms with Gasteiger partial charge in [0, 0.05) is 30.2 Å². The molecule has 3 nitrogen and oxygen atoms in total. The molecule has 0 aliphatic carbocycles. The van der Waals surface area contributed by atoms with Crippen LogP contribution in [0.1, 0.15) is 29.7 Å². The first kappa shape index (κ1) is 13.7. The van der Waals surface area contributed by atoms with Crippen LogP contribution in [0.2, 0.25) is 0 Å². The molecule has 0 fully saturated rings. The van der Waals surface area contributed by atoms with E-state index in [-0.39, 0.29) is 6.04 Å². The van der Waals surface area contributed by atoms with Crippen molar-refractivity contribution in [2.75, 3.05) is 6.54 Å². The van der Waals surface area contributed by atoms with E-state index in [1.807, 2.05) is 30.9 Å². The average Bonchev–Trinajstić information content (AvgIpc) is 2.52. The van der Waals surface area contributed by atoms with Crippen LogP contribution < -0.4 is 5.32 Å². The molecule has 0 radical (unpaired) electrons. The molecule has 1 aromatic carbocycles. The van der Waals surface area contributed by atoms with Crippen LogP contribution in [-0.2, 0) is 0 Å². The van der Waals surface area contributed by atoms with Crippen LogP contribution in [0.25, 0.3) is 10.8 Å². The summed E-state index contributed by atoms with van der Waals surface area (Å²) in [7, 11) is 0. The molecule has 106 valence electrons. The smallest absolute Gasteiger partial charge is 0.0613 e. The summed E-state index contributed by atoms with van der Waals surface area (Å²) in [5.41, 5.74) is 3.54. The van der Waals surface area contributed by atoms with Crippen molar-refractivity contribution >= 4 is 10.8 Å². The van der Waals surface area contributed by atoms with Gasteiger partial charge in [0.05, 0.1) is 6.04 Å². The minimum absolute atomic E-state index is 0.112. The number of rotatable bonds is 4. The fourth-order valence-corrected chi connectivity index (χ4v) is 2.72. The van der Waals surface area contributed by atoms with Gasteiger partial charge in [-0.3, -0.25) is 9.97 Å². The fraction of sp³-hybridized carbons (Fsp3) is 0.222. The van der Waals surface area contributed by atoms with Gasteiger partial charge in [-0.1, -0.05) is 37.3 Å². The highest BCUT2D eigenvalue weighted by Crippen LogP contribution is 2.28. The lowest BCUT2D eigenvalue weighted by Gasteiger charge is -2.20. The summed E-state index contributed by atoms with van der Waals surface area (Å²) in [6.45, 7) is 5.08. The normalized spacial score (nSPS) is 12.5. The third-order valence-electron chi connectivity index (χ3n) is 3.65. The highest BCUT2D eigenvalue weighted by molar-refractivity contribution is 5.85. The quantitative estimate of drug-likeness (QED) is 0.791. The van der Waals surface area contributed by atoms with Crippen molar-refractivity contribution < 1.29 is 0 Å². The zero-order chi connectivity index (χ0) is 14.7. The van der Waals surface area contributed by atoms with E-state index in [1.54, 1.807) is 0 Å². The van der Waals surface area contributed by atoms with E-state index >= 15 is 0 Å². The van der Waals surface area contributed by atoms with Gasteiger partial charge in [0.2, 0.25) is 0 Å². The molecular formula is C18H19N3. The molecule has 0 saturated heterocycles. The first-order chi connectivity index (χ1) is 10.3. The molecule has 21 heavy (non-hydrogen) atoms. The Morgan fingerprint density at radius 1 is 1.05 bits per heavy atom. The molecular weight excluding hydrogens is 258 g/mol. The Labute approximate surface area is 125 Å². The monoisotopic (exact) mass is 277 g/mol. The van der Waals surface area contributed by atoms with Gasteiger partial charge in [-0.2, -0.15) is 0 Å². The maximum Gasteiger partial charge on any atom is 0.0613 e. The highest BCUT2D eigenvalue weighted by Gasteiger charge is 2.16. The number of hydrogen-bond donors (Lipinski definition) is 1. The van der Waals surface area contributed by atoms with Crippen molar-refractivity contribution in [2.24, 2.45) is 0 Å². The third kappa shape index (κ3) is 2.78. The molecule has 0 bridgehead atoms. The van der Waals surface area contributed by atoms with Crippen LogP contribution in [0.3, 0.4) is 0 Å². The number of aromatic nitrogens is 2. The first-order valence-corrected chi connectivity index (χ1v) is 7.27. The van der Waals surface area contributed by atoms with Gasteiger partial charge in [0.15, 0.2) is 0 Å². The molecule has 1 unspecified atom stereocenters. The van der Waals surface area contributed by atoms with Crippen molar-refractivity contribution in [3.05, 3.63) is 71.8 Å². The average molecular weight is 277 g/mol. The molecule has 3 aromatic rings. The summed E-state index contributed by atoms with van der Waals surface area (Å²) in [5.74, 6) is 0. The summed E-state index contributed by atoms with van der Waals surface area (Å²) in [6, 6.07) is 10.7. The van der Waals surface area contributed by atoms with Crippen molar-refractivity contribution in [2.45, 2.75) is 19.9 Å². The molecule has 2 aromatic heterocycles. The predicted octanol–water partition coefficient (Wildman–Crippen LogP) is 3.64. The van der Waals surface area contributed by atoms with Gasteiger partial charge in [0.25, 0.3) is 0 Å². The Balaban J connectivity index is 2.16. The van der Waals surface area contributed by atoms with Crippen LogP contribution in [-0.4, -0.2) is 16.5 Å². The van der Waals surface area contributed by atoms with Gasteiger partial charge in [0.1, 0.15) is 0 Å². The molecule has 0 aliphatic heterocycles. The molecule has 2 heterocycles. The molecule has 0 amide bonds. The second-order valence-electron chi connectivity index (χ2n) is 5.24. The molecule has 0 spiro atoms. The van der Waals surface area contributed by atoms with E-state index in [1.165, 1.54) is 27.5 Å². The van der Waals surface area contributed by atoms with Crippen molar-refractivity contribution in [1.82, 2.24) is 15.3 Å². The van der Waals surface area contributed by atoms with Crippen molar-refractivity contribution in [3.8, 4) is 0 Å². The standard InChI is InChI=1S/C18H19N3/c1-3-21-18(15-8-13(2)9-19-11-15)17-12-20-10-14-6-4-5-7-16(14)17/h4-12,18,21H,3H2,1-2H3. The highest BCUT2D eigenvalue weighted by atomic mass is 14.9. The minimum Gasteiger partial charge on any atom is -0.306 e. The van der Waals surface area contributed by atoms with E-state index in [9.17, 15) is 0 Å². The van der Waals surface area contributed by atoms with Crippen LogP contribution in [0.15, 0.2) is 55.1 Å². The summed E-state index contributed by atoms with van der Waals surface area (Å²) >= 11 is 0. The summed E-state index contributed by atoms with van der Waals surface area (Å²) in [6.07, 6.45) is 7.68. The summed E-state index contributed by atoms with van der Waals surface area (Å²) < 4.78 is 0. The Hall–Kier alpha value is -2.26. The number of nitrogens with zero attached hydrogens (tertiary/aromatic N) is 2. The lowest BCUT2D eigenvalue weighted by molar-refractivity contribution is 0.630. The van der Waals surface area contributed by atoms with Crippen LogP contribution in [0.5, 0.6) is 0 Å². The Bertz CT molecular complexity index is 747. The molecule has 1 atom stereocenters. The van der Waals surface area contributed by atoms with Gasteiger partial charge >= 0.3 is 0 Å². The number of nitrogens with one attached hydrogen (secondary N) is 1. The number of benzene rings is 1. The Morgan fingerprint density at radius 2 is 1.86 bits per heavy atom. The van der Waals surface area contributed by atoms with Gasteiger partial charge in [-0.15, -0.1) is 0 Å². The van der Waals surface area contributed by atoms with Gasteiger partial charge in [-0.25, -0.2) is 0 Å². The van der Waals surface area contributed by atoms with Gasteiger partial charge < -0.3 is 5.32 Å². The lowest BCUT2D eigenvalue weighted by atomic mass is 9.96. The topological polar surface area (TPSA) is 37.8 Å². The van der Waals surface area contributed by atoms with Crippen LogP contribution in [0, 0.1) is 6.92 Å². The van der Waals surface area contributed by atoms with Crippen LogP contribution in [0.4, 0.5) is 0 Å². The fourth-order valence-electron chi connectivity index (χ4n) is 2.72. The predicted molar refractivity (Wildman–Crippen MR) is 86.2 cm³/mol. The van der Waals surface area contributed by atoms with E-state index in [0.717, 1.165) is 6.54 Å². The zero-order valence-electron chi connectivity index (χ0n) is 12.4. The van der Waals surface area contributed by atoms with Crippen molar-refractivity contribution in [3.63, 3.8) is 0 Å². The second-order valence-corrected chi connectivity index (χ2v) is 5.24. The molecule has 0 aliphatic rings. The maximum atomic E-state index is 4.40. The Kier molecular flexibility index (Phi) is 3.93. The zero-order valence-corrected chi connectivity index (χ0v) is 12.4. The van der Waals surface area contributed by atoms with Gasteiger partial charge in [-0.05, 0) is 35.5 Å². The third-order valence-corrected chi connectivity index (χ3v) is 3.65. The van der Waals surface area contributed by atoms with E-state index in [0.29, 0.717) is 0 Å². The second kappa shape index (κ2) is 6.02. The molecule has 3 heteroatoms. The molecule has 3 rings (SSSR count). The number of pyridine rings is 2. The number of hydrogen-bond acceptors (Lipinski definition) is 3. The maximum absolute atomic E-state index is 4.40. The SMILES string of the molecule is CCNC(c1cncc(C)c1)c1cncc2ccccc12. The van der Waals surface area contributed by atoms with Crippen LogP contribution >= 0.6 is 0 Å². The first-order valence-electron chi connectivity index (χ1n) is 7.27.